The van der Waals surface area contributed by atoms with Crippen molar-refractivity contribution in [1.82, 2.24) is 105 Å². The minimum Gasteiger partial charge on any atom is -0.344 e. The van der Waals surface area contributed by atoms with Crippen LogP contribution in [0.4, 0.5) is 0 Å². The molecule has 140 heavy (non-hydrogen) atoms. The molecule has 0 spiro atoms. The van der Waals surface area contributed by atoms with E-state index in [9.17, 15) is 0 Å². The molecule has 0 atom stereocenters. The monoisotopic (exact) mass is 2200 g/mol. The summed E-state index contributed by atoms with van der Waals surface area (Å²) < 4.78 is 0. The predicted octanol–water partition coefficient (Wildman–Crippen LogP) is 62.8. The third-order valence-electron chi connectivity index (χ3n) is 0. The first-order chi connectivity index (χ1) is 53.4. The summed E-state index contributed by atoms with van der Waals surface area (Å²) in [5.74, 6) is 0. The van der Waals surface area contributed by atoms with E-state index >= 15 is 0 Å². The smallest absolute Gasteiger partial charge is 0.0135 e. The van der Waals surface area contributed by atoms with Gasteiger partial charge in [-0.3, -0.25) is 0 Å². The highest BCUT2D eigenvalue weighted by molar-refractivity contribution is 6.31. The molecule has 0 aromatic carbocycles. The minimum atomic E-state index is 0. The Kier molecular flexibility index (Phi) is 18600000. The van der Waals surface area contributed by atoms with Crippen molar-refractivity contribution in [3.05, 3.63) is 0 Å². The molecule has 17 nitrogen and oxygen atoms in total. The van der Waals surface area contributed by atoms with Crippen molar-refractivity contribution in [3.8, 4) is 0 Å². The molecule has 0 bridgehead atoms. The highest BCUT2D eigenvalue weighted by atomic mass is 28.2. The number of hydrogen-bond acceptors (Lipinski definition) is 17. The van der Waals surface area contributed by atoms with E-state index in [4.69, 9.17) is 0 Å². The van der Waals surface area contributed by atoms with Gasteiger partial charge in [-0.15, -0.1) is 0 Å². The lowest BCUT2D eigenvalue weighted by Gasteiger charge is -1.45. The Morgan fingerprint density at radius 2 is 0.0714 bits per heavy atom. The Bertz CT molecular complexity index is 95.0. The van der Waals surface area contributed by atoms with Crippen LogP contribution in [0, 0.1) is 0 Å². The van der Waals surface area contributed by atoms with Crippen LogP contribution in [0.5, 0.6) is 0 Å². The summed E-state index contributed by atoms with van der Waals surface area (Å²) in [6, 6.07) is 0. The van der Waals surface area contributed by atoms with Crippen LogP contribution in [0.3, 0.4) is 0 Å². The summed E-state index contributed by atoms with van der Waals surface area (Å²) in [5, 5.41) is 0. The van der Waals surface area contributed by atoms with Gasteiger partial charge in [0.25, 0.3) is 0 Å². The molecule has 0 aliphatic rings. The summed E-state index contributed by atoms with van der Waals surface area (Å²) in [4.78, 5) is 0. The Morgan fingerprint density at radius 1 is 0.0714 bits per heavy atom. The quantitative estimate of drug-likeness (QED) is 0.100. The Morgan fingerprint density at radius 3 is 0.0714 bits per heavy atom. The lowest BCUT2D eigenvalue weighted by molar-refractivity contribution is 1.50. The second-order valence-electron chi connectivity index (χ2n) is 0.707. The molecule has 0 aromatic heterocycles. The first kappa shape index (κ1) is 928. The molecule has 0 rings (SSSR count). The fourth-order valence-corrected chi connectivity index (χ4v) is 0. The van der Waals surface area contributed by atoms with Crippen molar-refractivity contribution in [3.63, 3.8) is 0 Å². The zero-order valence-electron chi connectivity index (χ0n) is 119. The van der Waals surface area contributed by atoms with Gasteiger partial charge in [0.05, 0.1) is 0 Å². The van der Waals surface area contributed by atoms with Gasteiger partial charge in [-0.25, -0.2) is 0 Å². The van der Waals surface area contributed by atoms with Crippen LogP contribution < -0.4 is 105 Å². The highest BCUT2D eigenvalue weighted by Gasteiger charge is 1.39. The lowest BCUT2D eigenvalue weighted by Crippen LogP contribution is -1.53. The van der Waals surface area contributed by atoms with E-state index < -0.39 is 0 Å². The molecule has 20 heteroatoms. The van der Waals surface area contributed by atoms with E-state index in [1.807, 2.05) is 706 Å². The van der Waals surface area contributed by atoms with E-state index in [2.05, 4.69) is 19.6 Å². The maximum absolute atomic E-state index is 2.26. The molecule has 0 unspecified atom stereocenters. The summed E-state index contributed by atoms with van der Waals surface area (Å²) in [7, 11) is 1.72. The van der Waals surface area contributed by atoms with Gasteiger partial charge in [-0.05, 0) is 21.2 Å². The van der Waals surface area contributed by atoms with Gasteiger partial charge in [0.15, 0.2) is 0 Å². The van der Waals surface area contributed by atoms with Gasteiger partial charge >= 0.3 is 0 Å². The SMILES string of the molecule is C.C.C.C.C.C.C.C.C.C.C.C.C.C.C.CC.CC.CC.CC.CC.CC.CC.CC.CC.CC.CC.CC.CC.CC.CC.CC.CC.CC.CC.CC.CC.CC.CC.CC.CC.CC.CC.CC.CC.CC.CC.CC.CC.CC.CC.CC.CC.CC.CC.CC.CC.CC.CC.CC.CC.CC.CC.CC.CC.CC.CC.C[SiH2]C.C[SiH3].N.N.N.N.N.N.N.N.N.N.N.N.N.N.N.N.N.[SiH4]. The van der Waals surface area contributed by atoms with E-state index in [0.29, 0.717) is 9.52 Å². The Balaban J connectivity index is -0.00000000252. The zero-order chi connectivity index (χ0) is 107. The standard InChI is InChI=1S/C2H8Si.51C2H6.CH6Si.15CH4.17H3N.H4Si/c1-3-2;52*1-2;;;;;;;;;;;;;;;;;;;;;;;;;;;;;;;;;/h3H2,1-2H3;52*1-2H3;15*1H4;17*1H3;1H4. The fraction of sp³-hybridized carbons (Fsp3) is 1.00. The van der Waals surface area contributed by atoms with Crippen LogP contribution in [-0.2, 0) is 0 Å². The van der Waals surface area contributed by atoms with Crippen LogP contribution in [0.2, 0.25) is 19.6 Å². The van der Waals surface area contributed by atoms with Gasteiger partial charge in [0.2, 0.25) is 0 Å². The molecule has 0 fully saturated rings. The van der Waals surface area contributed by atoms with Crippen LogP contribution in [0.25, 0.3) is 0 Å². The molecular weight excluding hydrogens is 1760 g/mol. The Labute approximate surface area is 966 Å². The second kappa shape index (κ2) is 2810000. The Hall–Kier alpha value is -0.0294. The van der Waals surface area contributed by atoms with E-state index in [1.54, 1.807) is 0 Å². The van der Waals surface area contributed by atoms with Gasteiger partial charge in [0, 0.05) is 9.52 Å². The highest BCUT2D eigenvalue weighted by Crippen LogP contribution is 1.37. The molecule has 0 aliphatic heterocycles. The van der Waals surface area contributed by atoms with Gasteiger partial charge < -0.3 is 105 Å². The number of hydrogen-bond donors (Lipinski definition) is 17. The lowest BCUT2D eigenvalue weighted by atomic mass is 11.0. The maximum atomic E-state index is 2.26. The molecule has 0 saturated heterocycles. The van der Waals surface area contributed by atoms with Crippen molar-refractivity contribution >= 4 is 30.7 Å². The minimum absolute atomic E-state index is 0. The average Bonchev–Trinajstić information content (AvgIpc) is 3.91. The normalized spacial score (nSPS) is 2.38. The van der Waals surface area contributed by atoms with Crippen molar-refractivity contribution in [2.75, 3.05) is 0 Å². The van der Waals surface area contributed by atoms with Crippen molar-refractivity contribution in [2.45, 2.75) is 837 Å². The molecular formula is C120H435N17Si3. The van der Waals surface area contributed by atoms with Crippen LogP contribution in [0.15, 0.2) is 0 Å². The summed E-state index contributed by atoms with van der Waals surface area (Å²) in [5.41, 5.74) is 0. The van der Waals surface area contributed by atoms with Crippen LogP contribution in [-0.4, -0.2) is 30.7 Å². The average molecular weight is 2200 g/mol. The second-order valence-corrected chi connectivity index (χ2v) is 2.12. The van der Waals surface area contributed by atoms with E-state index in [0.717, 1.165) is 0 Å². The van der Waals surface area contributed by atoms with Crippen molar-refractivity contribution < 1.29 is 0 Å². The summed E-state index contributed by atoms with van der Waals surface area (Å²) >= 11 is 0. The third-order valence-corrected chi connectivity index (χ3v) is 0. The van der Waals surface area contributed by atoms with Crippen LogP contribution >= 0.6 is 0 Å². The molecule has 0 radical (unpaired) electrons. The topological polar surface area (TPSA) is 595 Å². The molecule has 0 aromatic rings. The largest absolute Gasteiger partial charge is 0.344 e. The van der Waals surface area contributed by atoms with Crippen molar-refractivity contribution in [1.29, 1.82) is 0 Å². The van der Waals surface area contributed by atoms with Gasteiger partial charge in [0.1, 0.15) is 0 Å². The van der Waals surface area contributed by atoms with Crippen molar-refractivity contribution in [2.24, 2.45) is 0 Å². The maximum Gasteiger partial charge on any atom is 0.0135 e. The molecule has 51 N–H and O–H groups in total. The molecule has 0 amide bonds. The zero-order valence-corrected chi connectivity index (χ0v) is 122. The van der Waals surface area contributed by atoms with E-state index in [-0.39, 0.29) is 227 Å². The molecule has 0 aliphatic carbocycles. The number of rotatable bonds is 0. The first-order valence-corrected chi connectivity index (χ1v) is 58.2. The van der Waals surface area contributed by atoms with Gasteiger partial charge in [-0.2, -0.15) is 0 Å². The first-order valence-electron chi connectivity index (χ1n) is 53.4. The summed E-state index contributed by atoms with van der Waals surface area (Å²) in [6.07, 6.45) is 0. The molecule has 0 heterocycles. The van der Waals surface area contributed by atoms with Gasteiger partial charge in [-0.1, -0.05) is 837 Å². The summed E-state index contributed by atoms with van der Waals surface area (Å²) in [6.45, 7) is 211. The van der Waals surface area contributed by atoms with Crippen LogP contribution in [0.1, 0.15) is 818 Å². The van der Waals surface area contributed by atoms with E-state index in [1.165, 1.54) is 10.2 Å². The molecule has 0 saturated carbocycles. The predicted molar refractivity (Wildman–Crippen MR) is 812 cm³/mol. The third kappa shape index (κ3) is 3000000000. The fourth-order valence-electron chi connectivity index (χ4n) is 0. The molecule has 1012 valence electrons.